The molecule has 0 aromatic rings. The van der Waals surface area contributed by atoms with Crippen LogP contribution in [0.4, 0.5) is 0 Å². The number of hydrogen-bond acceptors (Lipinski definition) is 0. The van der Waals surface area contributed by atoms with E-state index in [0.717, 1.165) is 0 Å². The quantitative estimate of drug-likeness (QED) is 0.514. The van der Waals surface area contributed by atoms with Gasteiger partial charge in [0, 0.05) is 108 Å². The zero-order valence-electron chi connectivity index (χ0n) is 2.59. The van der Waals surface area contributed by atoms with E-state index in [2.05, 4.69) is 0 Å². The van der Waals surface area contributed by atoms with Crippen LogP contribution in [-0.4, -0.2) is 40.4 Å². The summed E-state index contributed by atoms with van der Waals surface area (Å²) in [7, 11) is 0. The Bertz CT molecular complexity index is 15.5. The number of rotatable bonds is 0. The zero-order valence-corrected chi connectivity index (χ0v) is 9.23. The fourth-order valence-electron chi connectivity index (χ4n) is 0. The van der Waals surface area contributed by atoms with Crippen LogP contribution in [0.3, 0.4) is 0 Å². The van der Waals surface area contributed by atoms with E-state index >= 15 is 0 Å². The molecule has 0 aromatic carbocycles. The second-order valence-electron chi connectivity index (χ2n) is 0. The van der Waals surface area contributed by atoms with Gasteiger partial charge in [-0.15, -0.1) is 0 Å². The average Bonchev–Trinajstić information content (AvgIpc) is 0. The molecular weight excluding hydrogens is 288 g/mol. The summed E-state index contributed by atoms with van der Waals surface area (Å²) in [5, 5.41) is 0. The van der Waals surface area contributed by atoms with Crippen LogP contribution >= 0.6 is 0 Å². The molecule has 0 unspecified atom stereocenters. The molecule has 0 fully saturated rings. The first-order chi connectivity index (χ1) is 0. The smallest absolute Gasteiger partial charge is 0 e. The third-order valence-corrected chi connectivity index (χ3v) is 0. The molecule has 0 heterocycles. The van der Waals surface area contributed by atoms with E-state index in [1.807, 2.05) is 0 Å². The minimum Gasteiger partial charge on any atom is 0 e. The Labute approximate surface area is 106 Å². The Morgan fingerprint density at radius 2 is 1.00 bits per heavy atom. The van der Waals surface area contributed by atoms with Gasteiger partial charge >= 0.3 is 0 Å². The Hall–Kier alpha value is 3.34. The topological polar surface area (TPSA) is 0 Å². The molecule has 43 valence electrons. The van der Waals surface area contributed by atoms with E-state index in [4.69, 9.17) is 0 Å². The monoisotopic (exact) mass is 287 g/mol. The van der Waals surface area contributed by atoms with E-state index < -0.39 is 0 Å². The summed E-state index contributed by atoms with van der Waals surface area (Å²) >= 11 is 0. The minimum atomic E-state index is 0. The van der Waals surface area contributed by atoms with Crippen LogP contribution in [-0.2, 0) is 67.4 Å². The third-order valence-electron chi connectivity index (χ3n) is 0. The zero-order chi connectivity index (χ0) is 0. The van der Waals surface area contributed by atoms with Gasteiger partial charge in [-0.3, -0.25) is 0 Å². The van der Waals surface area contributed by atoms with Gasteiger partial charge in [0.05, 0.1) is 0 Å². The average molecular weight is 288 g/mol. The Morgan fingerprint density at radius 3 is 1.00 bits per heavy atom. The van der Waals surface area contributed by atoms with Crippen LogP contribution in [0.25, 0.3) is 0 Å². The van der Waals surface area contributed by atoms with Crippen LogP contribution in [0.15, 0.2) is 0 Å². The predicted molar refractivity (Wildman–Crippen MR) is 11.5 cm³/mol. The van der Waals surface area contributed by atoms with E-state index in [9.17, 15) is 0 Å². The van der Waals surface area contributed by atoms with Crippen molar-refractivity contribution < 1.29 is 67.4 Å². The standard InChI is InChI=1S/Al.Co.Cu.Fe.Mg.Ni. The van der Waals surface area contributed by atoms with Crippen LogP contribution in [0.1, 0.15) is 0 Å². The Morgan fingerprint density at radius 1 is 1.00 bits per heavy atom. The largest absolute Gasteiger partial charge is 0 e. The summed E-state index contributed by atoms with van der Waals surface area (Å²) in [6, 6.07) is 0. The fraction of sp³-hybridized carbons (Fsp3) is 0. The summed E-state index contributed by atoms with van der Waals surface area (Å²) < 4.78 is 0. The van der Waals surface area contributed by atoms with Gasteiger partial charge in [-0.05, 0) is 0 Å². The normalized spacial score (nSPS) is 0. The van der Waals surface area contributed by atoms with Gasteiger partial charge in [0.2, 0.25) is 0 Å². The van der Waals surface area contributed by atoms with Crippen molar-refractivity contribution in [2.24, 2.45) is 0 Å². The first-order valence-electron chi connectivity index (χ1n) is 0. The van der Waals surface area contributed by atoms with Crippen molar-refractivity contribution in [3.8, 4) is 0 Å². The SMILES string of the molecule is [Al].[Co].[Cu].[Fe].[Mg].[Ni]. The maximum absolute atomic E-state index is 0. The van der Waals surface area contributed by atoms with E-state index in [-0.39, 0.29) is 108 Å². The van der Waals surface area contributed by atoms with E-state index in [1.54, 1.807) is 0 Å². The van der Waals surface area contributed by atoms with Crippen molar-refractivity contribution in [2.75, 3.05) is 0 Å². The Kier molecular flexibility index (Phi) is 391. The molecule has 0 N–H and O–H groups in total. The molecular formula is AlCoCuFeMgNi. The van der Waals surface area contributed by atoms with Crippen molar-refractivity contribution in [3.63, 3.8) is 0 Å². The summed E-state index contributed by atoms with van der Waals surface area (Å²) in [4.78, 5) is 0. The maximum atomic E-state index is 0. The summed E-state index contributed by atoms with van der Waals surface area (Å²) in [5.41, 5.74) is 0. The summed E-state index contributed by atoms with van der Waals surface area (Å²) in [6.45, 7) is 0. The molecule has 0 saturated heterocycles. The first kappa shape index (κ1) is 58.3. The molecule has 0 nitrogen and oxygen atoms in total. The summed E-state index contributed by atoms with van der Waals surface area (Å²) in [6.07, 6.45) is 0. The molecule has 0 aliphatic rings. The molecule has 0 aliphatic heterocycles. The van der Waals surface area contributed by atoms with Gasteiger partial charge in [-0.2, -0.15) is 0 Å². The Balaban J connectivity index is 0. The van der Waals surface area contributed by atoms with Crippen molar-refractivity contribution in [3.05, 3.63) is 0 Å². The molecule has 0 saturated carbocycles. The van der Waals surface area contributed by atoms with Crippen molar-refractivity contribution in [1.29, 1.82) is 0 Å². The second-order valence-corrected chi connectivity index (χ2v) is 0. The van der Waals surface area contributed by atoms with Gasteiger partial charge in [-0.1, -0.05) is 0 Å². The van der Waals surface area contributed by atoms with Crippen LogP contribution in [0.5, 0.6) is 0 Å². The molecule has 6 heteroatoms. The van der Waals surface area contributed by atoms with Crippen LogP contribution < -0.4 is 0 Å². The number of hydrogen-bond donors (Lipinski definition) is 0. The van der Waals surface area contributed by atoms with Crippen molar-refractivity contribution in [1.82, 2.24) is 0 Å². The molecule has 0 rings (SSSR count). The van der Waals surface area contributed by atoms with Gasteiger partial charge in [0.1, 0.15) is 0 Å². The van der Waals surface area contributed by atoms with E-state index in [0.29, 0.717) is 0 Å². The van der Waals surface area contributed by atoms with Crippen LogP contribution in [0, 0.1) is 0 Å². The third kappa shape index (κ3) is 26.5. The molecule has 0 spiro atoms. The molecule has 6 heavy (non-hydrogen) atoms. The molecule has 0 aromatic heterocycles. The van der Waals surface area contributed by atoms with Gasteiger partial charge in [-0.25, -0.2) is 0 Å². The molecule has 7 radical (unpaired) electrons. The van der Waals surface area contributed by atoms with Gasteiger partial charge < -0.3 is 0 Å². The fourth-order valence-corrected chi connectivity index (χ4v) is 0. The molecule has 0 bridgehead atoms. The predicted octanol–water partition coefficient (Wildman–Crippen LogP) is -0.772. The van der Waals surface area contributed by atoms with Crippen molar-refractivity contribution in [2.45, 2.75) is 0 Å². The van der Waals surface area contributed by atoms with E-state index in [1.165, 1.54) is 0 Å². The second kappa shape index (κ2) is 40.3. The minimum absolute atomic E-state index is 0. The maximum Gasteiger partial charge on any atom is 0 e. The van der Waals surface area contributed by atoms with Crippen LogP contribution in [0.2, 0.25) is 0 Å². The summed E-state index contributed by atoms with van der Waals surface area (Å²) in [5.74, 6) is 0. The van der Waals surface area contributed by atoms with Gasteiger partial charge in [0.25, 0.3) is 0 Å². The molecule has 0 atom stereocenters. The first-order valence-corrected chi connectivity index (χ1v) is 0. The van der Waals surface area contributed by atoms with Gasteiger partial charge in [0.15, 0.2) is 0 Å². The van der Waals surface area contributed by atoms with Crippen molar-refractivity contribution >= 4 is 40.4 Å². The molecule has 0 amide bonds. The molecule has 0 aliphatic carbocycles.